The van der Waals surface area contributed by atoms with Crippen molar-refractivity contribution in [2.75, 3.05) is 6.54 Å². The van der Waals surface area contributed by atoms with E-state index in [1.165, 1.54) is 5.56 Å². The standard InChI is InChI=1S/C23H29N5O2/c1-15(22(29)27-13-17-7-9-19(10-8-17)21(24)25)28-23(30)20-12-18(14-26-20)11-16-5-3-2-4-6-16/h2-10,15,18,20,26H,11-14H2,1H3,(H3,24,25)(H,27,29)(H,28,30)/t15-,18-,20+/m0/s1. The molecule has 7 heteroatoms. The fourth-order valence-corrected chi connectivity index (χ4v) is 3.64. The van der Waals surface area contributed by atoms with Gasteiger partial charge in [0.05, 0.1) is 6.04 Å². The third kappa shape index (κ3) is 5.90. The smallest absolute Gasteiger partial charge is 0.242 e. The van der Waals surface area contributed by atoms with Crippen LogP contribution in [0.4, 0.5) is 0 Å². The molecule has 2 aromatic carbocycles. The van der Waals surface area contributed by atoms with Crippen LogP contribution in [0.25, 0.3) is 0 Å². The Kier molecular flexibility index (Phi) is 7.19. The molecule has 1 fully saturated rings. The van der Waals surface area contributed by atoms with E-state index < -0.39 is 6.04 Å². The minimum Gasteiger partial charge on any atom is -0.384 e. The number of nitrogens with two attached hydrogens (primary N) is 1. The van der Waals surface area contributed by atoms with Crippen molar-refractivity contribution in [2.45, 2.75) is 38.4 Å². The molecule has 0 unspecified atom stereocenters. The Balaban J connectivity index is 1.42. The SMILES string of the molecule is C[C@H](NC(=O)[C@H]1C[C@H](Cc2ccccc2)CN1)C(=O)NCc1ccc(C(=N)N)cc1. The van der Waals surface area contributed by atoms with Crippen LogP contribution in [0.3, 0.4) is 0 Å². The molecule has 0 saturated carbocycles. The van der Waals surface area contributed by atoms with Crippen molar-refractivity contribution >= 4 is 17.6 Å². The predicted octanol–water partition coefficient (Wildman–Crippen LogP) is 1.31. The first kappa shape index (κ1) is 21.5. The number of amides is 2. The van der Waals surface area contributed by atoms with E-state index in [0.29, 0.717) is 18.0 Å². The monoisotopic (exact) mass is 407 g/mol. The summed E-state index contributed by atoms with van der Waals surface area (Å²) in [5.74, 6) is 0.0376. The number of nitrogens with one attached hydrogen (secondary N) is 4. The van der Waals surface area contributed by atoms with Gasteiger partial charge in [-0.05, 0) is 43.4 Å². The highest BCUT2D eigenvalue weighted by Gasteiger charge is 2.30. The van der Waals surface area contributed by atoms with E-state index in [1.807, 2.05) is 30.3 Å². The van der Waals surface area contributed by atoms with E-state index in [4.69, 9.17) is 11.1 Å². The highest BCUT2D eigenvalue weighted by Crippen LogP contribution is 2.19. The maximum atomic E-state index is 12.5. The second-order valence-corrected chi connectivity index (χ2v) is 7.81. The zero-order valence-electron chi connectivity index (χ0n) is 17.2. The number of hydrogen-bond acceptors (Lipinski definition) is 4. The number of carbonyl (C=O) groups is 2. The fourth-order valence-electron chi connectivity index (χ4n) is 3.64. The number of rotatable bonds is 8. The molecule has 2 aromatic rings. The molecule has 30 heavy (non-hydrogen) atoms. The summed E-state index contributed by atoms with van der Waals surface area (Å²) in [6, 6.07) is 16.5. The van der Waals surface area contributed by atoms with Crippen molar-refractivity contribution < 1.29 is 9.59 Å². The van der Waals surface area contributed by atoms with Gasteiger partial charge in [0, 0.05) is 12.1 Å². The van der Waals surface area contributed by atoms with Gasteiger partial charge in [0.1, 0.15) is 11.9 Å². The topological polar surface area (TPSA) is 120 Å². The summed E-state index contributed by atoms with van der Waals surface area (Å²) < 4.78 is 0. The van der Waals surface area contributed by atoms with Crippen molar-refractivity contribution in [1.29, 1.82) is 5.41 Å². The molecule has 3 rings (SSSR count). The van der Waals surface area contributed by atoms with Crippen LogP contribution >= 0.6 is 0 Å². The van der Waals surface area contributed by atoms with Gasteiger partial charge < -0.3 is 21.7 Å². The average molecular weight is 408 g/mol. The van der Waals surface area contributed by atoms with Crippen LogP contribution in [-0.4, -0.2) is 36.3 Å². The largest absolute Gasteiger partial charge is 0.384 e. The maximum absolute atomic E-state index is 12.5. The lowest BCUT2D eigenvalue weighted by Gasteiger charge is -2.17. The summed E-state index contributed by atoms with van der Waals surface area (Å²) in [5, 5.41) is 16.3. The molecule has 0 aromatic heterocycles. The van der Waals surface area contributed by atoms with Crippen LogP contribution in [0.15, 0.2) is 54.6 Å². The van der Waals surface area contributed by atoms with Gasteiger partial charge in [-0.25, -0.2) is 0 Å². The van der Waals surface area contributed by atoms with Gasteiger partial charge in [-0.15, -0.1) is 0 Å². The van der Waals surface area contributed by atoms with Gasteiger partial charge in [-0.3, -0.25) is 15.0 Å². The summed E-state index contributed by atoms with van der Waals surface area (Å²) in [6.07, 6.45) is 1.70. The molecule has 1 heterocycles. The molecule has 1 saturated heterocycles. The quantitative estimate of drug-likeness (QED) is 0.335. The van der Waals surface area contributed by atoms with Gasteiger partial charge >= 0.3 is 0 Å². The van der Waals surface area contributed by atoms with E-state index in [9.17, 15) is 9.59 Å². The lowest BCUT2D eigenvalue weighted by molar-refractivity contribution is -0.129. The molecular weight excluding hydrogens is 378 g/mol. The molecule has 0 aliphatic carbocycles. The summed E-state index contributed by atoms with van der Waals surface area (Å²) in [4.78, 5) is 24.9. The number of nitrogen functional groups attached to an aromatic ring is 1. The first-order valence-electron chi connectivity index (χ1n) is 10.2. The Morgan fingerprint density at radius 1 is 1.13 bits per heavy atom. The number of amidine groups is 1. The zero-order chi connectivity index (χ0) is 21.5. The molecule has 1 aliphatic rings. The molecule has 7 nitrogen and oxygen atoms in total. The highest BCUT2D eigenvalue weighted by molar-refractivity contribution is 5.95. The Morgan fingerprint density at radius 3 is 2.50 bits per heavy atom. The maximum Gasteiger partial charge on any atom is 0.242 e. The Labute approximate surface area is 176 Å². The molecule has 0 radical (unpaired) electrons. The predicted molar refractivity (Wildman–Crippen MR) is 117 cm³/mol. The summed E-state index contributed by atoms with van der Waals surface area (Å²) in [5.41, 5.74) is 8.25. The van der Waals surface area contributed by atoms with E-state index in [0.717, 1.165) is 24.9 Å². The highest BCUT2D eigenvalue weighted by atomic mass is 16.2. The van der Waals surface area contributed by atoms with Crippen molar-refractivity contribution in [3.63, 3.8) is 0 Å². The minimum absolute atomic E-state index is 0.00782. The van der Waals surface area contributed by atoms with Crippen molar-refractivity contribution in [1.82, 2.24) is 16.0 Å². The van der Waals surface area contributed by atoms with Gasteiger partial charge in [0.25, 0.3) is 0 Å². The van der Waals surface area contributed by atoms with E-state index in [-0.39, 0.29) is 23.7 Å². The lowest BCUT2D eigenvalue weighted by Crippen LogP contribution is -2.49. The molecule has 0 spiro atoms. The summed E-state index contributed by atoms with van der Waals surface area (Å²) in [7, 11) is 0. The van der Waals surface area contributed by atoms with Crippen LogP contribution in [0, 0.1) is 11.3 Å². The molecule has 3 atom stereocenters. The Bertz CT molecular complexity index is 882. The number of hydrogen-bond donors (Lipinski definition) is 5. The minimum atomic E-state index is -0.621. The fraction of sp³-hybridized carbons (Fsp3) is 0.348. The van der Waals surface area contributed by atoms with Gasteiger partial charge in [0.15, 0.2) is 0 Å². The average Bonchev–Trinajstić information content (AvgIpc) is 3.21. The number of benzene rings is 2. The van der Waals surface area contributed by atoms with Crippen LogP contribution < -0.4 is 21.7 Å². The third-order valence-electron chi connectivity index (χ3n) is 5.39. The number of carbonyl (C=O) groups excluding carboxylic acids is 2. The normalized spacial score (nSPS) is 19.1. The van der Waals surface area contributed by atoms with Gasteiger partial charge in [-0.1, -0.05) is 54.6 Å². The zero-order valence-corrected chi connectivity index (χ0v) is 17.2. The van der Waals surface area contributed by atoms with E-state index in [1.54, 1.807) is 19.1 Å². The molecule has 6 N–H and O–H groups in total. The van der Waals surface area contributed by atoms with Crippen LogP contribution in [0.5, 0.6) is 0 Å². The molecule has 2 amide bonds. The van der Waals surface area contributed by atoms with Crippen LogP contribution in [0.1, 0.15) is 30.0 Å². The van der Waals surface area contributed by atoms with Gasteiger partial charge in [-0.2, -0.15) is 0 Å². The van der Waals surface area contributed by atoms with E-state index >= 15 is 0 Å². The second-order valence-electron chi connectivity index (χ2n) is 7.81. The molecular formula is C23H29N5O2. The summed E-state index contributed by atoms with van der Waals surface area (Å²) >= 11 is 0. The first-order valence-corrected chi connectivity index (χ1v) is 10.2. The van der Waals surface area contributed by atoms with Crippen molar-refractivity contribution in [3.8, 4) is 0 Å². The van der Waals surface area contributed by atoms with Crippen LogP contribution in [0.2, 0.25) is 0 Å². The molecule has 1 aliphatic heterocycles. The Hall–Kier alpha value is -3.19. The van der Waals surface area contributed by atoms with E-state index in [2.05, 4.69) is 28.1 Å². The molecule has 158 valence electrons. The van der Waals surface area contributed by atoms with Crippen molar-refractivity contribution in [2.24, 2.45) is 11.7 Å². The van der Waals surface area contributed by atoms with Crippen molar-refractivity contribution in [3.05, 3.63) is 71.3 Å². The first-order chi connectivity index (χ1) is 14.4. The second kappa shape index (κ2) is 10.0. The Morgan fingerprint density at radius 2 is 1.83 bits per heavy atom. The van der Waals surface area contributed by atoms with Gasteiger partial charge in [0.2, 0.25) is 11.8 Å². The molecule has 0 bridgehead atoms. The lowest BCUT2D eigenvalue weighted by atomic mass is 9.96. The summed E-state index contributed by atoms with van der Waals surface area (Å²) in [6.45, 7) is 2.82. The van der Waals surface area contributed by atoms with Crippen LogP contribution in [-0.2, 0) is 22.6 Å². The third-order valence-corrected chi connectivity index (χ3v) is 5.39.